The molecule has 5 heteroatoms. The van der Waals surface area contributed by atoms with Crippen LogP contribution in [0.5, 0.6) is 0 Å². The third kappa shape index (κ3) is 3.45. The van der Waals surface area contributed by atoms with Gasteiger partial charge in [0.1, 0.15) is 0 Å². The molecule has 0 aliphatic carbocycles. The van der Waals surface area contributed by atoms with Gasteiger partial charge in [0.05, 0.1) is 6.54 Å². The highest BCUT2D eigenvalue weighted by molar-refractivity contribution is 5.96. The SMILES string of the molecule is CC1CCc2ccccc2N1C(=O)CN1CCNC[C@@H]1C.Cl. The molecule has 122 valence electrons. The van der Waals surface area contributed by atoms with Gasteiger partial charge < -0.3 is 10.2 Å². The van der Waals surface area contributed by atoms with Gasteiger partial charge in [0.15, 0.2) is 0 Å². The van der Waals surface area contributed by atoms with E-state index in [4.69, 9.17) is 0 Å². The number of rotatable bonds is 2. The van der Waals surface area contributed by atoms with Gasteiger partial charge in [-0.2, -0.15) is 0 Å². The summed E-state index contributed by atoms with van der Waals surface area (Å²) < 4.78 is 0. The number of hydrogen-bond acceptors (Lipinski definition) is 3. The van der Waals surface area contributed by atoms with Crippen molar-refractivity contribution >= 4 is 24.0 Å². The average molecular weight is 324 g/mol. The first-order valence-electron chi connectivity index (χ1n) is 8.01. The summed E-state index contributed by atoms with van der Waals surface area (Å²) in [4.78, 5) is 17.2. The van der Waals surface area contributed by atoms with Gasteiger partial charge in [-0.1, -0.05) is 18.2 Å². The van der Waals surface area contributed by atoms with Crippen molar-refractivity contribution in [3.63, 3.8) is 0 Å². The van der Waals surface area contributed by atoms with Crippen molar-refractivity contribution in [1.82, 2.24) is 10.2 Å². The average Bonchev–Trinajstić information content (AvgIpc) is 2.49. The number of fused-ring (bicyclic) bond motifs is 1. The molecule has 1 N–H and O–H groups in total. The van der Waals surface area contributed by atoms with E-state index >= 15 is 0 Å². The molecule has 0 aromatic heterocycles. The number of nitrogens with one attached hydrogen (secondary N) is 1. The second kappa shape index (κ2) is 7.44. The molecule has 1 saturated heterocycles. The van der Waals surface area contributed by atoms with Gasteiger partial charge in [-0.25, -0.2) is 0 Å². The van der Waals surface area contributed by atoms with E-state index in [0.29, 0.717) is 18.6 Å². The second-order valence-corrected chi connectivity index (χ2v) is 6.30. The van der Waals surface area contributed by atoms with Crippen LogP contribution in [0.25, 0.3) is 0 Å². The molecular formula is C17H26ClN3O. The lowest BCUT2D eigenvalue weighted by atomic mass is 9.96. The third-order valence-corrected chi connectivity index (χ3v) is 4.77. The molecule has 1 amide bonds. The van der Waals surface area contributed by atoms with Gasteiger partial charge in [0, 0.05) is 37.4 Å². The molecule has 1 aromatic rings. The van der Waals surface area contributed by atoms with Crippen molar-refractivity contribution in [3.05, 3.63) is 29.8 Å². The fourth-order valence-electron chi connectivity index (χ4n) is 3.44. The first kappa shape index (κ1) is 17.3. The fourth-order valence-corrected chi connectivity index (χ4v) is 3.44. The number of piperazine rings is 1. The molecule has 22 heavy (non-hydrogen) atoms. The Morgan fingerprint density at radius 2 is 2.05 bits per heavy atom. The summed E-state index contributed by atoms with van der Waals surface area (Å²) in [7, 11) is 0. The number of halogens is 1. The van der Waals surface area contributed by atoms with Crippen LogP contribution in [-0.4, -0.2) is 49.1 Å². The number of carbonyl (C=O) groups excluding carboxylic acids is 1. The van der Waals surface area contributed by atoms with E-state index < -0.39 is 0 Å². The van der Waals surface area contributed by atoms with Crippen molar-refractivity contribution in [2.75, 3.05) is 31.1 Å². The molecule has 2 aliphatic heterocycles. The molecule has 0 bridgehead atoms. The predicted molar refractivity (Wildman–Crippen MR) is 92.9 cm³/mol. The summed E-state index contributed by atoms with van der Waals surface area (Å²) >= 11 is 0. The van der Waals surface area contributed by atoms with E-state index in [1.165, 1.54) is 5.56 Å². The van der Waals surface area contributed by atoms with E-state index in [1.54, 1.807) is 0 Å². The van der Waals surface area contributed by atoms with Gasteiger partial charge in [-0.3, -0.25) is 9.69 Å². The minimum Gasteiger partial charge on any atom is -0.314 e. The Balaban J connectivity index is 0.00000176. The molecule has 4 nitrogen and oxygen atoms in total. The van der Waals surface area contributed by atoms with E-state index in [-0.39, 0.29) is 18.3 Å². The summed E-state index contributed by atoms with van der Waals surface area (Å²) in [6, 6.07) is 9.06. The highest BCUT2D eigenvalue weighted by Gasteiger charge is 2.30. The van der Waals surface area contributed by atoms with Crippen LogP contribution in [0, 0.1) is 0 Å². The van der Waals surface area contributed by atoms with E-state index in [0.717, 1.165) is 38.2 Å². The van der Waals surface area contributed by atoms with Gasteiger partial charge in [-0.15, -0.1) is 12.4 Å². The van der Waals surface area contributed by atoms with Crippen LogP contribution in [0.3, 0.4) is 0 Å². The monoisotopic (exact) mass is 323 g/mol. The smallest absolute Gasteiger partial charge is 0.241 e. The van der Waals surface area contributed by atoms with Crippen LogP contribution in [0.1, 0.15) is 25.8 Å². The molecule has 0 radical (unpaired) electrons. The molecule has 3 rings (SSSR count). The number of nitrogens with zero attached hydrogens (tertiary/aromatic N) is 2. The lowest BCUT2D eigenvalue weighted by molar-refractivity contribution is -0.121. The van der Waals surface area contributed by atoms with Crippen molar-refractivity contribution in [1.29, 1.82) is 0 Å². The van der Waals surface area contributed by atoms with E-state index in [9.17, 15) is 4.79 Å². The fraction of sp³-hybridized carbons (Fsp3) is 0.588. The number of benzene rings is 1. The molecule has 2 aliphatic rings. The molecule has 0 saturated carbocycles. The molecule has 1 aromatic carbocycles. The van der Waals surface area contributed by atoms with Crippen LogP contribution < -0.4 is 10.2 Å². The first-order chi connectivity index (χ1) is 10.2. The summed E-state index contributed by atoms with van der Waals surface area (Å²) in [5.74, 6) is 0.239. The predicted octanol–water partition coefficient (Wildman–Crippen LogP) is 2.07. The van der Waals surface area contributed by atoms with Crippen molar-refractivity contribution in [2.45, 2.75) is 38.8 Å². The Labute approximate surface area is 139 Å². The highest BCUT2D eigenvalue weighted by Crippen LogP contribution is 2.30. The van der Waals surface area contributed by atoms with Gasteiger partial charge in [-0.05, 0) is 38.3 Å². The minimum atomic E-state index is 0. The van der Waals surface area contributed by atoms with Crippen LogP contribution in [0.2, 0.25) is 0 Å². The lowest BCUT2D eigenvalue weighted by Crippen LogP contribution is -2.54. The summed E-state index contributed by atoms with van der Waals surface area (Å²) in [5, 5.41) is 3.38. The second-order valence-electron chi connectivity index (χ2n) is 6.30. The number of amides is 1. The standard InChI is InChI=1S/C17H25N3O.ClH/c1-13-7-8-15-5-3-4-6-16(15)20(13)17(21)12-19-10-9-18-11-14(19)2;/h3-6,13-14,18H,7-12H2,1-2H3;1H/t13?,14-;/m0./s1. The zero-order chi connectivity index (χ0) is 14.8. The Kier molecular flexibility index (Phi) is 5.84. The third-order valence-electron chi connectivity index (χ3n) is 4.77. The van der Waals surface area contributed by atoms with E-state index in [1.807, 2.05) is 11.0 Å². The molecule has 2 heterocycles. The summed E-state index contributed by atoms with van der Waals surface area (Å²) in [6.07, 6.45) is 2.13. The Hall–Kier alpha value is -1.10. The van der Waals surface area contributed by atoms with Gasteiger partial charge in [0.25, 0.3) is 0 Å². The Morgan fingerprint density at radius 1 is 1.27 bits per heavy atom. The molecule has 1 unspecified atom stereocenters. The molecule has 1 fully saturated rings. The summed E-state index contributed by atoms with van der Waals surface area (Å²) in [6.45, 7) is 7.78. The van der Waals surface area contributed by atoms with Crippen LogP contribution in [0.4, 0.5) is 5.69 Å². The van der Waals surface area contributed by atoms with Crippen LogP contribution >= 0.6 is 12.4 Å². The maximum atomic E-state index is 12.8. The zero-order valence-electron chi connectivity index (χ0n) is 13.4. The normalized spacial score (nSPS) is 25.3. The first-order valence-corrected chi connectivity index (χ1v) is 8.01. The molecule has 0 spiro atoms. The number of carbonyl (C=O) groups is 1. The van der Waals surface area contributed by atoms with Crippen LogP contribution in [0.15, 0.2) is 24.3 Å². The topological polar surface area (TPSA) is 35.6 Å². The van der Waals surface area contributed by atoms with Gasteiger partial charge >= 0.3 is 0 Å². The number of aryl methyl sites for hydroxylation is 1. The maximum Gasteiger partial charge on any atom is 0.241 e. The van der Waals surface area contributed by atoms with Crippen LogP contribution in [-0.2, 0) is 11.2 Å². The largest absolute Gasteiger partial charge is 0.314 e. The maximum absolute atomic E-state index is 12.8. The van der Waals surface area contributed by atoms with Crippen molar-refractivity contribution in [3.8, 4) is 0 Å². The number of para-hydroxylation sites is 1. The van der Waals surface area contributed by atoms with Gasteiger partial charge in [0.2, 0.25) is 5.91 Å². The molecule has 2 atom stereocenters. The Morgan fingerprint density at radius 3 is 2.82 bits per heavy atom. The number of hydrogen-bond donors (Lipinski definition) is 1. The van der Waals surface area contributed by atoms with Crippen molar-refractivity contribution in [2.24, 2.45) is 0 Å². The summed E-state index contributed by atoms with van der Waals surface area (Å²) in [5.41, 5.74) is 2.42. The Bertz CT molecular complexity index is 522. The highest BCUT2D eigenvalue weighted by atomic mass is 35.5. The molecular weight excluding hydrogens is 298 g/mol. The lowest BCUT2D eigenvalue weighted by Gasteiger charge is -2.39. The minimum absolute atomic E-state index is 0. The zero-order valence-corrected chi connectivity index (χ0v) is 14.2. The van der Waals surface area contributed by atoms with Crippen molar-refractivity contribution < 1.29 is 4.79 Å². The number of anilines is 1. The van der Waals surface area contributed by atoms with E-state index in [2.05, 4.69) is 42.3 Å². The quantitative estimate of drug-likeness (QED) is 0.905.